The highest BCUT2D eigenvalue weighted by atomic mass is 15.2. The molecule has 2 rings (SSSR count). The molecule has 0 radical (unpaired) electrons. The van der Waals surface area contributed by atoms with E-state index >= 15 is 0 Å². The van der Waals surface area contributed by atoms with Crippen molar-refractivity contribution in [3.63, 3.8) is 0 Å². The van der Waals surface area contributed by atoms with Crippen LogP contribution < -0.4 is 4.90 Å². The largest absolute Gasteiger partial charge is 0.366 e. The zero-order chi connectivity index (χ0) is 13.3. The quantitative estimate of drug-likeness (QED) is 0.788. The normalized spacial score (nSPS) is 21.9. The Hall–Kier alpha value is -1.49. The van der Waals surface area contributed by atoms with Gasteiger partial charge in [0, 0.05) is 24.2 Å². The summed E-state index contributed by atoms with van der Waals surface area (Å²) in [6, 6.07) is 8.82. The summed E-state index contributed by atoms with van der Waals surface area (Å²) in [7, 11) is 0. The Labute approximate surface area is 110 Å². The average Bonchev–Trinajstić information content (AvgIpc) is 2.58. The fraction of sp³-hybridized carbons (Fsp3) is 0.562. The summed E-state index contributed by atoms with van der Waals surface area (Å²) in [5.74, 6) is 0.505. The van der Waals surface area contributed by atoms with Crippen molar-refractivity contribution in [2.24, 2.45) is 5.92 Å². The van der Waals surface area contributed by atoms with Crippen LogP contribution >= 0.6 is 0 Å². The predicted octanol–water partition coefficient (Wildman–Crippen LogP) is 3.82. The molecule has 96 valence electrons. The van der Waals surface area contributed by atoms with Crippen molar-refractivity contribution >= 4 is 5.69 Å². The molecule has 18 heavy (non-hydrogen) atoms. The van der Waals surface area contributed by atoms with Crippen LogP contribution in [0.15, 0.2) is 18.2 Å². The van der Waals surface area contributed by atoms with Crippen LogP contribution in [0.5, 0.6) is 0 Å². The van der Waals surface area contributed by atoms with Crippen molar-refractivity contribution in [3.05, 3.63) is 29.3 Å². The summed E-state index contributed by atoms with van der Waals surface area (Å²) in [6.45, 7) is 9.93. The molecule has 1 unspecified atom stereocenters. The molecule has 1 saturated heterocycles. The monoisotopic (exact) mass is 242 g/mol. The molecular formula is C16H22N2. The average molecular weight is 242 g/mol. The Balaban J connectivity index is 2.33. The smallest absolute Gasteiger partial charge is 0.0625 e. The van der Waals surface area contributed by atoms with E-state index in [0.717, 1.165) is 13.0 Å². The van der Waals surface area contributed by atoms with Gasteiger partial charge in [0.15, 0.2) is 0 Å². The van der Waals surface area contributed by atoms with E-state index in [0.29, 0.717) is 12.3 Å². The first-order valence-electron chi connectivity index (χ1n) is 6.66. The van der Waals surface area contributed by atoms with Gasteiger partial charge in [-0.3, -0.25) is 0 Å². The fourth-order valence-corrected chi connectivity index (χ4v) is 3.10. The van der Waals surface area contributed by atoms with Gasteiger partial charge in [-0.2, -0.15) is 5.26 Å². The number of benzene rings is 1. The summed E-state index contributed by atoms with van der Waals surface area (Å²) in [5, 5.41) is 8.88. The molecule has 1 aromatic rings. The number of rotatable bonds is 2. The van der Waals surface area contributed by atoms with E-state index in [1.54, 1.807) is 0 Å². The minimum atomic E-state index is 0.153. The molecule has 2 nitrogen and oxygen atoms in total. The van der Waals surface area contributed by atoms with Gasteiger partial charge in [0.2, 0.25) is 0 Å². The molecular weight excluding hydrogens is 220 g/mol. The maximum atomic E-state index is 8.88. The zero-order valence-electron chi connectivity index (χ0n) is 11.8. The van der Waals surface area contributed by atoms with Gasteiger partial charge < -0.3 is 4.90 Å². The van der Waals surface area contributed by atoms with Crippen LogP contribution in [0.4, 0.5) is 5.69 Å². The van der Waals surface area contributed by atoms with Crippen molar-refractivity contribution in [2.45, 2.75) is 46.1 Å². The van der Waals surface area contributed by atoms with E-state index < -0.39 is 0 Å². The van der Waals surface area contributed by atoms with Crippen LogP contribution in [-0.4, -0.2) is 12.1 Å². The summed E-state index contributed by atoms with van der Waals surface area (Å²) >= 11 is 0. The van der Waals surface area contributed by atoms with Crippen molar-refractivity contribution in [3.8, 4) is 6.07 Å². The molecule has 0 saturated carbocycles. The van der Waals surface area contributed by atoms with Gasteiger partial charge in [0.1, 0.15) is 0 Å². The summed E-state index contributed by atoms with van der Waals surface area (Å²) in [5.41, 5.74) is 4.19. The molecule has 1 aliphatic rings. The van der Waals surface area contributed by atoms with Crippen LogP contribution in [0, 0.1) is 31.1 Å². The number of hydrogen-bond donors (Lipinski definition) is 0. The highest BCUT2D eigenvalue weighted by molar-refractivity contribution is 5.58. The molecule has 0 aromatic heterocycles. The fourth-order valence-electron chi connectivity index (χ4n) is 3.10. The third kappa shape index (κ3) is 2.22. The van der Waals surface area contributed by atoms with Crippen molar-refractivity contribution in [1.29, 1.82) is 5.26 Å². The van der Waals surface area contributed by atoms with Crippen molar-refractivity contribution in [1.82, 2.24) is 0 Å². The third-order valence-corrected chi connectivity index (χ3v) is 4.21. The summed E-state index contributed by atoms with van der Waals surface area (Å²) < 4.78 is 0. The Bertz CT molecular complexity index is 482. The number of anilines is 1. The van der Waals surface area contributed by atoms with Gasteiger partial charge in [-0.05, 0) is 57.2 Å². The Morgan fingerprint density at radius 2 is 2.11 bits per heavy atom. The number of nitriles is 1. The second kappa shape index (κ2) is 4.65. The molecule has 0 amide bonds. The standard InChI is InChI=1S/C16H22N2/c1-12-6-5-7-15(13(12)2)18-11-14(8-9-17)10-16(18,3)4/h5-7,14H,8,10-11H2,1-4H3. The van der Waals surface area contributed by atoms with Gasteiger partial charge in [-0.15, -0.1) is 0 Å². The first kappa shape index (κ1) is 13.0. The van der Waals surface area contributed by atoms with Crippen LogP contribution in [0.25, 0.3) is 0 Å². The molecule has 0 spiro atoms. The van der Waals surface area contributed by atoms with E-state index in [2.05, 4.69) is 56.9 Å². The van der Waals surface area contributed by atoms with Gasteiger partial charge in [0.05, 0.1) is 6.07 Å². The highest BCUT2D eigenvalue weighted by Gasteiger charge is 2.38. The van der Waals surface area contributed by atoms with Crippen molar-refractivity contribution in [2.75, 3.05) is 11.4 Å². The lowest BCUT2D eigenvalue weighted by molar-refractivity contribution is 0.476. The molecule has 1 fully saturated rings. The molecule has 0 aliphatic carbocycles. The van der Waals surface area contributed by atoms with Crippen LogP contribution in [0.3, 0.4) is 0 Å². The molecule has 0 bridgehead atoms. The summed E-state index contributed by atoms with van der Waals surface area (Å²) in [6.07, 6.45) is 1.78. The Morgan fingerprint density at radius 1 is 1.39 bits per heavy atom. The van der Waals surface area contributed by atoms with Crippen LogP contribution in [0.1, 0.15) is 37.8 Å². The second-order valence-electron chi connectivity index (χ2n) is 6.07. The number of aryl methyl sites for hydroxylation is 1. The van der Waals surface area contributed by atoms with Gasteiger partial charge in [-0.25, -0.2) is 0 Å². The maximum absolute atomic E-state index is 8.88. The van der Waals surface area contributed by atoms with Crippen LogP contribution in [0.2, 0.25) is 0 Å². The third-order valence-electron chi connectivity index (χ3n) is 4.21. The SMILES string of the molecule is Cc1cccc(N2CC(CC#N)CC2(C)C)c1C. The molecule has 1 aromatic carbocycles. The number of hydrogen-bond acceptors (Lipinski definition) is 2. The molecule has 0 N–H and O–H groups in total. The first-order chi connectivity index (χ1) is 8.45. The minimum Gasteiger partial charge on any atom is -0.366 e. The van der Waals surface area contributed by atoms with Gasteiger partial charge in [-0.1, -0.05) is 12.1 Å². The summed E-state index contributed by atoms with van der Waals surface area (Å²) in [4.78, 5) is 2.48. The second-order valence-corrected chi connectivity index (χ2v) is 6.07. The van der Waals surface area contributed by atoms with E-state index in [1.165, 1.54) is 16.8 Å². The Kier molecular flexibility index (Phi) is 3.34. The molecule has 1 heterocycles. The first-order valence-corrected chi connectivity index (χ1v) is 6.66. The predicted molar refractivity (Wildman–Crippen MR) is 75.7 cm³/mol. The number of nitrogens with zero attached hydrogens (tertiary/aromatic N) is 2. The minimum absolute atomic E-state index is 0.153. The highest BCUT2D eigenvalue weighted by Crippen LogP contribution is 2.39. The Morgan fingerprint density at radius 3 is 2.78 bits per heavy atom. The van der Waals surface area contributed by atoms with Gasteiger partial charge >= 0.3 is 0 Å². The van der Waals surface area contributed by atoms with E-state index in [4.69, 9.17) is 5.26 Å². The van der Waals surface area contributed by atoms with Gasteiger partial charge in [0.25, 0.3) is 0 Å². The van der Waals surface area contributed by atoms with E-state index in [-0.39, 0.29) is 5.54 Å². The van der Waals surface area contributed by atoms with E-state index in [9.17, 15) is 0 Å². The molecule has 1 aliphatic heterocycles. The maximum Gasteiger partial charge on any atom is 0.0625 e. The van der Waals surface area contributed by atoms with Crippen LogP contribution in [-0.2, 0) is 0 Å². The zero-order valence-corrected chi connectivity index (χ0v) is 11.8. The van der Waals surface area contributed by atoms with E-state index in [1.807, 2.05) is 0 Å². The molecule has 2 heteroatoms. The lowest BCUT2D eigenvalue weighted by atomic mass is 9.94. The van der Waals surface area contributed by atoms with Crippen molar-refractivity contribution < 1.29 is 0 Å². The molecule has 1 atom stereocenters. The topological polar surface area (TPSA) is 27.0 Å². The lowest BCUT2D eigenvalue weighted by Gasteiger charge is -2.35. The lowest BCUT2D eigenvalue weighted by Crippen LogP contribution is -2.38.